The van der Waals surface area contributed by atoms with E-state index in [0.717, 1.165) is 47.9 Å². The van der Waals surface area contributed by atoms with Crippen molar-refractivity contribution in [1.29, 1.82) is 0 Å². The predicted molar refractivity (Wildman–Crippen MR) is 165 cm³/mol. The summed E-state index contributed by atoms with van der Waals surface area (Å²) < 4.78 is 5.91. The van der Waals surface area contributed by atoms with E-state index in [2.05, 4.69) is 30.7 Å². The van der Waals surface area contributed by atoms with Crippen molar-refractivity contribution < 1.29 is 4.74 Å². The lowest BCUT2D eigenvalue weighted by Gasteiger charge is -2.13. The van der Waals surface area contributed by atoms with Crippen LogP contribution in [-0.2, 0) is 0 Å². The third-order valence-electron chi connectivity index (χ3n) is 8.24. The van der Waals surface area contributed by atoms with Crippen molar-refractivity contribution in [3.05, 3.63) is 30.7 Å². The third-order valence-corrected chi connectivity index (χ3v) is 10.4. The minimum atomic E-state index is -0.405. The van der Waals surface area contributed by atoms with Gasteiger partial charge in [-0.05, 0) is 36.3 Å². The molecule has 4 nitrogen and oxygen atoms in total. The summed E-state index contributed by atoms with van der Waals surface area (Å²) in [6.45, 7) is 7.94. The number of aromatic nitrogens is 3. The smallest absolute Gasteiger partial charge is 0.137 e. The third kappa shape index (κ3) is 13.4. The first-order valence-electron chi connectivity index (χ1n) is 16.0. The molecule has 1 aliphatic rings. The van der Waals surface area contributed by atoms with E-state index in [1.165, 1.54) is 108 Å². The summed E-state index contributed by atoms with van der Waals surface area (Å²) in [7, 11) is -0.405. The Morgan fingerprint density at radius 1 is 0.816 bits per heavy atom. The molecule has 1 fully saturated rings. The second-order valence-electron chi connectivity index (χ2n) is 12.2. The van der Waals surface area contributed by atoms with Gasteiger partial charge in [-0.25, -0.2) is 0 Å². The topological polar surface area (TPSA) is 47.9 Å². The van der Waals surface area contributed by atoms with Crippen LogP contribution in [0.2, 0.25) is 6.04 Å². The molecule has 2 aromatic rings. The van der Waals surface area contributed by atoms with Gasteiger partial charge in [-0.3, -0.25) is 15.0 Å². The Hall–Kier alpha value is -1.75. The molecule has 38 heavy (non-hydrogen) atoms. The lowest BCUT2D eigenvalue weighted by Crippen LogP contribution is -2.21. The van der Waals surface area contributed by atoms with Crippen molar-refractivity contribution in [3.63, 3.8) is 0 Å². The number of ether oxygens (including phenoxy) is 1. The lowest BCUT2D eigenvalue weighted by molar-refractivity contribution is 0.303. The van der Waals surface area contributed by atoms with Crippen LogP contribution in [0.5, 0.6) is 5.75 Å². The number of pyridine rings is 1. The van der Waals surface area contributed by atoms with Gasteiger partial charge in [0.05, 0.1) is 34.2 Å². The van der Waals surface area contributed by atoms with Crippen molar-refractivity contribution >= 4 is 14.8 Å². The van der Waals surface area contributed by atoms with E-state index in [1.54, 1.807) is 0 Å². The van der Waals surface area contributed by atoms with Gasteiger partial charge in [0.25, 0.3) is 0 Å². The summed E-state index contributed by atoms with van der Waals surface area (Å²) in [6, 6.07) is 5.36. The molecule has 2 heterocycles. The molecule has 5 heteroatoms. The summed E-state index contributed by atoms with van der Waals surface area (Å²) in [4.78, 5) is 14.0. The minimum Gasteiger partial charge on any atom is -0.492 e. The normalized spacial score (nSPS) is 15.2. The highest BCUT2D eigenvalue weighted by molar-refractivity contribution is 6.52. The zero-order valence-electron chi connectivity index (χ0n) is 24.8. The van der Waals surface area contributed by atoms with Crippen LogP contribution < -0.4 is 10.1 Å². The summed E-state index contributed by atoms with van der Waals surface area (Å²) in [5, 5.41) is 1.21. The molecule has 0 bridgehead atoms. The molecule has 0 N–H and O–H groups in total. The zero-order valence-corrected chi connectivity index (χ0v) is 26.2. The number of rotatable bonds is 22. The Labute approximate surface area is 236 Å². The maximum atomic E-state index is 5.91. The average Bonchev–Trinajstić information content (AvgIpc) is 3.76. The first-order chi connectivity index (χ1) is 18.6. The molecule has 0 amide bonds. The highest BCUT2D eigenvalue weighted by Gasteiger charge is 2.19. The van der Waals surface area contributed by atoms with Gasteiger partial charge in [-0.2, -0.15) is 0 Å². The second kappa shape index (κ2) is 18.5. The van der Waals surface area contributed by atoms with Crippen LogP contribution in [0.1, 0.15) is 124 Å². The van der Waals surface area contributed by atoms with Crippen LogP contribution in [0.4, 0.5) is 0 Å². The van der Waals surface area contributed by atoms with Crippen molar-refractivity contribution in [2.45, 2.75) is 130 Å². The Morgan fingerprint density at radius 2 is 1.55 bits per heavy atom. The van der Waals surface area contributed by atoms with Gasteiger partial charge in [0.15, 0.2) is 0 Å². The van der Waals surface area contributed by atoms with E-state index in [-0.39, 0.29) is 0 Å². The Morgan fingerprint density at radius 3 is 2.29 bits per heavy atom. The maximum Gasteiger partial charge on any atom is 0.137 e. The molecule has 0 saturated heterocycles. The zero-order chi connectivity index (χ0) is 26.8. The van der Waals surface area contributed by atoms with Gasteiger partial charge in [-0.15, -0.1) is 0 Å². The first-order valence-corrected chi connectivity index (χ1v) is 17.7. The van der Waals surface area contributed by atoms with Gasteiger partial charge in [-0.1, -0.05) is 123 Å². The van der Waals surface area contributed by atoms with Crippen molar-refractivity contribution in [2.24, 2.45) is 17.8 Å². The van der Waals surface area contributed by atoms with Gasteiger partial charge >= 0.3 is 0 Å². The fourth-order valence-corrected chi connectivity index (χ4v) is 6.93. The second-order valence-corrected chi connectivity index (χ2v) is 14.0. The predicted octanol–water partition coefficient (Wildman–Crippen LogP) is 8.29. The van der Waals surface area contributed by atoms with E-state index in [1.807, 2.05) is 30.7 Å². The fraction of sp³-hybridized carbons (Fsp3) is 0.727. The Bertz CT molecular complexity index is 871. The lowest BCUT2D eigenvalue weighted by atomic mass is 9.96. The SMILES string of the molecule is CCCCCC(C)CCCCCC(C)C[SiH2]c1cncc(-c2ccc(OCCCCCCC3CC3)cn2)n1. The van der Waals surface area contributed by atoms with Crippen LogP contribution in [0.25, 0.3) is 11.4 Å². The molecular weight excluding hydrogens is 482 g/mol. The van der Waals surface area contributed by atoms with Crippen LogP contribution in [0.15, 0.2) is 30.7 Å². The van der Waals surface area contributed by atoms with E-state index >= 15 is 0 Å². The van der Waals surface area contributed by atoms with Crippen LogP contribution in [-0.4, -0.2) is 31.1 Å². The molecule has 0 aromatic carbocycles. The van der Waals surface area contributed by atoms with Crippen molar-refractivity contribution in [2.75, 3.05) is 6.61 Å². The van der Waals surface area contributed by atoms with Crippen molar-refractivity contribution in [3.8, 4) is 17.1 Å². The number of hydrogen-bond acceptors (Lipinski definition) is 4. The van der Waals surface area contributed by atoms with Crippen LogP contribution >= 0.6 is 0 Å². The Kier molecular flexibility index (Phi) is 15.0. The molecular formula is C33H55N3OSi. The monoisotopic (exact) mass is 537 g/mol. The molecule has 0 spiro atoms. The van der Waals surface area contributed by atoms with Gasteiger partial charge in [0.2, 0.25) is 0 Å². The van der Waals surface area contributed by atoms with Gasteiger partial charge < -0.3 is 4.74 Å². The van der Waals surface area contributed by atoms with E-state index in [0.29, 0.717) is 0 Å². The number of nitrogens with zero attached hydrogens (tertiary/aromatic N) is 3. The summed E-state index contributed by atoms with van der Waals surface area (Å²) in [5.41, 5.74) is 1.77. The minimum absolute atomic E-state index is 0.405. The molecule has 2 unspecified atom stereocenters. The largest absolute Gasteiger partial charge is 0.492 e. The van der Waals surface area contributed by atoms with Gasteiger partial charge in [0.1, 0.15) is 11.4 Å². The van der Waals surface area contributed by atoms with E-state index in [4.69, 9.17) is 9.72 Å². The molecule has 212 valence electrons. The standard InChI is InChI=1S/C33H55N3OSi/c1-4-5-9-14-27(2)15-10-8-11-16-28(3)26-38-33-25-34-24-32(36-33)31-21-20-30(23-35-31)37-22-13-7-6-12-17-29-18-19-29/h20-21,23-25,27-29H,4-19,22,26,38H2,1-3H3. The maximum absolute atomic E-state index is 5.91. The van der Waals surface area contributed by atoms with E-state index in [9.17, 15) is 0 Å². The summed E-state index contributed by atoms with van der Waals surface area (Å²) in [6.07, 6.45) is 27.7. The van der Waals surface area contributed by atoms with Gasteiger partial charge in [0, 0.05) is 11.5 Å². The van der Waals surface area contributed by atoms with Crippen molar-refractivity contribution in [1.82, 2.24) is 15.0 Å². The molecule has 3 rings (SSSR count). The highest BCUT2D eigenvalue weighted by Crippen LogP contribution is 2.34. The average molecular weight is 538 g/mol. The molecule has 2 atom stereocenters. The van der Waals surface area contributed by atoms with E-state index < -0.39 is 9.52 Å². The first kappa shape index (κ1) is 30.8. The summed E-state index contributed by atoms with van der Waals surface area (Å²) in [5.74, 6) is 3.61. The molecule has 1 saturated carbocycles. The molecule has 2 aromatic heterocycles. The Balaban J connectivity index is 1.28. The van der Waals surface area contributed by atoms with Crippen LogP contribution in [0.3, 0.4) is 0 Å². The van der Waals surface area contributed by atoms with Crippen LogP contribution in [0, 0.1) is 17.8 Å². The molecule has 1 aliphatic carbocycles. The molecule has 0 radical (unpaired) electrons. The highest BCUT2D eigenvalue weighted by atomic mass is 28.2. The molecule has 0 aliphatic heterocycles. The number of hydrogen-bond donors (Lipinski definition) is 0. The number of unbranched alkanes of at least 4 members (excludes halogenated alkanes) is 7. The summed E-state index contributed by atoms with van der Waals surface area (Å²) >= 11 is 0. The fourth-order valence-electron chi connectivity index (χ4n) is 5.34. The quantitative estimate of drug-likeness (QED) is 0.112.